The van der Waals surface area contributed by atoms with Crippen LogP contribution in [-0.2, 0) is 0 Å². The number of aromatic nitrogens is 2. The Morgan fingerprint density at radius 2 is 1.88 bits per heavy atom. The third-order valence-corrected chi connectivity index (χ3v) is 5.60. The number of nitrogens with one attached hydrogen (secondary N) is 2. The van der Waals surface area contributed by atoms with E-state index >= 15 is 0 Å². The van der Waals surface area contributed by atoms with Crippen molar-refractivity contribution in [2.45, 2.75) is 24.7 Å². The second-order valence-electron chi connectivity index (χ2n) is 7.42. The van der Waals surface area contributed by atoms with E-state index in [1.165, 1.54) is 20.3 Å². The van der Waals surface area contributed by atoms with Gasteiger partial charge < -0.3 is 20.1 Å². The Kier molecular flexibility index (Phi) is 6.11. The van der Waals surface area contributed by atoms with Crippen LogP contribution in [-0.4, -0.2) is 36.1 Å². The zero-order valence-electron chi connectivity index (χ0n) is 17.6. The summed E-state index contributed by atoms with van der Waals surface area (Å²) in [5.41, 5.74) is 0.772. The molecule has 0 spiro atoms. The molecule has 4 rings (SSSR count). The predicted octanol–water partition coefficient (Wildman–Crippen LogP) is 5.47. The van der Waals surface area contributed by atoms with Crippen molar-refractivity contribution in [3.8, 4) is 11.5 Å². The monoisotopic (exact) mass is 480 g/mol. The van der Waals surface area contributed by atoms with Crippen molar-refractivity contribution in [1.82, 2.24) is 9.78 Å². The largest absolute Gasteiger partial charge is 0.497 e. The standard InChI is InChI=1S/C22H20ClF3N4O3/c1-32-14-7-8-18(33-2)16(9-14)28-21(31)17-11-20-27-15(12-3-5-13(23)6-4-12)10-19(22(24,25)26)30(20)29-17/h3-9,11,15,19,27H,10H2,1-2H3,(H,28,31)/t15-,19+/m0/s1. The molecule has 7 nitrogen and oxygen atoms in total. The molecule has 174 valence electrons. The summed E-state index contributed by atoms with van der Waals surface area (Å²) in [7, 11) is 2.90. The summed E-state index contributed by atoms with van der Waals surface area (Å²) in [6.07, 6.45) is -4.85. The molecule has 0 radical (unpaired) electrons. The number of carbonyl (C=O) groups excluding carboxylic acids is 1. The van der Waals surface area contributed by atoms with E-state index in [9.17, 15) is 18.0 Å². The Morgan fingerprint density at radius 3 is 2.52 bits per heavy atom. The minimum atomic E-state index is -4.56. The van der Waals surface area contributed by atoms with E-state index in [0.29, 0.717) is 27.8 Å². The molecular formula is C22H20ClF3N4O3. The Labute approximate surface area is 192 Å². The van der Waals surface area contributed by atoms with Gasteiger partial charge in [-0.25, -0.2) is 4.68 Å². The number of benzene rings is 2. The number of amides is 1. The number of alkyl halides is 3. The molecule has 3 aromatic rings. The molecule has 2 atom stereocenters. The Balaban J connectivity index is 1.65. The SMILES string of the molecule is COc1ccc(OC)c(NC(=O)c2cc3n(n2)[C@@H](C(F)(F)F)C[C@@H](c2ccc(Cl)cc2)N3)c1. The topological polar surface area (TPSA) is 77.4 Å². The molecule has 11 heteroatoms. The van der Waals surface area contributed by atoms with Crippen LogP contribution in [0.1, 0.15) is 34.6 Å². The molecule has 2 N–H and O–H groups in total. The quantitative estimate of drug-likeness (QED) is 0.506. The average Bonchev–Trinajstić information content (AvgIpc) is 3.22. The molecule has 0 saturated carbocycles. The van der Waals surface area contributed by atoms with Crippen LogP contribution < -0.4 is 20.1 Å². The van der Waals surface area contributed by atoms with Crippen LogP contribution in [0.25, 0.3) is 0 Å². The van der Waals surface area contributed by atoms with Gasteiger partial charge in [-0.2, -0.15) is 18.3 Å². The maximum atomic E-state index is 13.9. The summed E-state index contributed by atoms with van der Waals surface area (Å²) in [6, 6.07) is 10.1. The first-order chi connectivity index (χ1) is 15.7. The van der Waals surface area contributed by atoms with Crippen LogP contribution in [0.15, 0.2) is 48.5 Å². The van der Waals surface area contributed by atoms with E-state index in [1.54, 1.807) is 42.5 Å². The van der Waals surface area contributed by atoms with Crippen molar-refractivity contribution in [1.29, 1.82) is 0 Å². The summed E-state index contributed by atoms with van der Waals surface area (Å²) in [6.45, 7) is 0. The van der Waals surface area contributed by atoms with Crippen LogP contribution in [0.3, 0.4) is 0 Å². The van der Waals surface area contributed by atoms with Gasteiger partial charge in [0.05, 0.1) is 25.9 Å². The van der Waals surface area contributed by atoms with E-state index in [2.05, 4.69) is 15.7 Å². The van der Waals surface area contributed by atoms with Crippen molar-refractivity contribution >= 4 is 29.0 Å². The van der Waals surface area contributed by atoms with Gasteiger partial charge in [0, 0.05) is 23.6 Å². The predicted molar refractivity (Wildman–Crippen MR) is 117 cm³/mol. The van der Waals surface area contributed by atoms with Crippen LogP contribution in [0.2, 0.25) is 5.02 Å². The molecule has 0 fully saturated rings. The lowest BCUT2D eigenvalue weighted by molar-refractivity contribution is -0.173. The van der Waals surface area contributed by atoms with Gasteiger partial charge in [-0.1, -0.05) is 23.7 Å². The molecule has 0 unspecified atom stereocenters. The third kappa shape index (κ3) is 4.70. The van der Waals surface area contributed by atoms with Gasteiger partial charge in [-0.3, -0.25) is 4.79 Å². The fourth-order valence-electron chi connectivity index (χ4n) is 3.70. The summed E-state index contributed by atoms with van der Waals surface area (Å²) in [5, 5.41) is 10.1. The van der Waals surface area contributed by atoms with Crippen molar-refractivity contribution in [3.05, 3.63) is 64.8 Å². The van der Waals surface area contributed by atoms with Gasteiger partial charge >= 0.3 is 6.18 Å². The van der Waals surface area contributed by atoms with Gasteiger partial charge in [0.25, 0.3) is 5.91 Å². The first-order valence-electron chi connectivity index (χ1n) is 9.91. The van der Waals surface area contributed by atoms with Gasteiger partial charge in [0.15, 0.2) is 11.7 Å². The minimum Gasteiger partial charge on any atom is -0.497 e. The number of hydrogen-bond acceptors (Lipinski definition) is 5. The van der Waals surface area contributed by atoms with Crippen LogP contribution in [0, 0.1) is 0 Å². The molecule has 1 aliphatic heterocycles. The first kappa shape index (κ1) is 22.8. The van der Waals surface area contributed by atoms with Crippen molar-refractivity contribution < 1.29 is 27.4 Å². The van der Waals surface area contributed by atoms with Gasteiger partial charge in [0.1, 0.15) is 17.3 Å². The molecule has 1 aliphatic rings. The molecule has 1 aromatic heterocycles. The van der Waals surface area contributed by atoms with E-state index in [1.807, 2.05) is 0 Å². The highest BCUT2D eigenvalue weighted by molar-refractivity contribution is 6.30. The molecule has 2 aromatic carbocycles. The second kappa shape index (κ2) is 8.86. The van der Waals surface area contributed by atoms with Crippen LogP contribution in [0.4, 0.5) is 24.7 Å². The fraction of sp³-hybridized carbons (Fsp3) is 0.273. The molecule has 0 bridgehead atoms. The molecule has 33 heavy (non-hydrogen) atoms. The van der Waals surface area contributed by atoms with Crippen LogP contribution in [0.5, 0.6) is 11.5 Å². The highest BCUT2D eigenvalue weighted by Gasteiger charge is 2.46. The number of rotatable bonds is 5. The normalized spacial score (nSPS) is 17.6. The number of ether oxygens (including phenoxy) is 2. The molecule has 1 amide bonds. The average molecular weight is 481 g/mol. The summed E-state index contributed by atoms with van der Waals surface area (Å²) < 4.78 is 52.8. The Morgan fingerprint density at radius 1 is 1.15 bits per heavy atom. The number of carbonyl (C=O) groups is 1. The molecule has 0 saturated heterocycles. The number of nitrogens with zero attached hydrogens (tertiary/aromatic N) is 2. The highest BCUT2D eigenvalue weighted by atomic mass is 35.5. The summed E-state index contributed by atoms with van der Waals surface area (Å²) >= 11 is 5.90. The maximum absolute atomic E-state index is 13.9. The number of methoxy groups -OCH3 is 2. The summed E-state index contributed by atoms with van der Waals surface area (Å²) in [4.78, 5) is 12.8. The third-order valence-electron chi connectivity index (χ3n) is 5.35. The number of halogens is 4. The lowest BCUT2D eigenvalue weighted by Crippen LogP contribution is -2.35. The summed E-state index contributed by atoms with van der Waals surface area (Å²) in [5.74, 6) is 0.238. The smallest absolute Gasteiger partial charge is 0.410 e. The Hall–Kier alpha value is -3.40. The van der Waals surface area contributed by atoms with Gasteiger partial charge in [-0.15, -0.1) is 0 Å². The minimum absolute atomic E-state index is 0.0892. The molecular weight excluding hydrogens is 461 g/mol. The maximum Gasteiger partial charge on any atom is 0.410 e. The van der Waals surface area contributed by atoms with E-state index < -0.39 is 24.2 Å². The molecule has 0 aliphatic carbocycles. The zero-order chi connectivity index (χ0) is 23.8. The van der Waals surface area contributed by atoms with Crippen LogP contribution >= 0.6 is 11.6 Å². The van der Waals surface area contributed by atoms with Crippen molar-refractivity contribution in [2.24, 2.45) is 0 Å². The Bertz CT molecular complexity index is 1160. The number of fused-ring (bicyclic) bond motifs is 1. The van der Waals surface area contributed by atoms with Gasteiger partial charge in [-0.05, 0) is 29.8 Å². The fourth-order valence-corrected chi connectivity index (χ4v) is 3.82. The lowest BCUT2D eigenvalue weighted by atomic mass is 9.97. The highest BCUT2D eigenvalue weighted by Crippen LogP contribution is 2.43. The van der Waals surface area contributed by atoms with E-state index in [0.717, 1.165) is 4.68 Å². The molecule has 2 heterocycles. The first-order valence-corrected chi connectivity index (χ1v) is 10.3. The van der Waals surface area contributed by atoms with Crippen molar-refractivity contribution in [3.63, 3.8) is 0 Å². The lowest BCUT2D eigenvalue weighted by Gasteiger charge is -2.33. The van der Waals surface area contributed by atoms with E-state index in [-0.39, 0.29) is 17.9 Å². The van der Waals surface area contributed by atoms with Gasteiger partial charge in [0.2, 0.25) is 0 Å². The second-order valence-corrected chi connectivity index (χ2v) is 7.86. The van der Waals surface area contributed by atoms with E-state index in [4.69, 9.17) is 21.1 Å². The number of anilines is 2. The van der Waals surface area contributed by atoms with Crippen molar-refractivity contribution in [2.75, 3.05) is 24.9 Å². The number of hydrogen-bond donors (Lipinski definition) is 2. The zero-order valence-corrected chi connectivity index (χ0v) is 18.4.